The van der Waals surface area contributed by atoms with Crippen molar-refractivity contribution >= 4 is 22.6 Å². The minimum atomic E-state index is -0.692. The molecule has 0 bridgehead atoms. The van der Waals surface area contributed by atoms with Crippen LogP contribution in [0.2, 0.25) is 0 Å². The van der Waals surface area contributed by atoms with Crippen molar-refractivity contribution in [2.75, 3.05) is 6.61 Å². The summed E-state index contributed by atoms with van der Waals surface area (Å²) in [6.45, 7) is -0.291. The molecule has 1 heterocycles. The summed E-state index contributed by atoms with van der Waals surface area (Å²) < 4.78 is 5.39. The Bertz CT molecular complexity index is 940. The van der Waals surface area contributed by atoms with Crippen LogP contribution in [0.4, 0.5) is 0 Å². The quantitative estimate of drug-likeness (QED) is 0.759. The number of amides is 1. The zero-order valence-electron chi connectivity index (χ0n) is 17.3. The molecule has 160 valence electrons. The van der Waals surface area contributed by atoms with Gasteiger partial charge in [0.25, 0.3) is 11.5 Å². The second-order valence-corrected chi connectivity index (χ2v) is 8.41. The van der Waals surface area contributed by atoms with Crippen LogP contribution < -0.4 is 5.56 Å². The third-order valence-electron chi connectivity index (χ3n) is 6.44. The highest BCUT2D eigenvalue weighted by Crippen LogP contribution is 2.30. The highest BCUT2D eigenvalue weighted by Gasteiger charge is 2.33. The molecule has 2 aliphatic rings. The molecule has 2 fully saturated rings. The van der Waals surface area contributed by atoms with Gasteiger partial charge in [0.05, 0.1) is 5.39 Å². The number of nitrogens with one attached hydrogen (secondary N) is 1. The van der Waals surface area contributed by atoms with E-state index in [-0.39, 0.29) is 35.9 Å². The number of aromatic amines is 1. The van der Waals surface area contributed by atoms with E-state index in [1.54, 1.807) is 24.3 Å². The van der Waals surface area contributed by atoms with Gasteiger partial charge < -0.3 is 9.64 Å². The SMILES string of the molecule is O=C(OCC(=O)N(C1CCCCC1)C1CCCCC1)c1n[nH]c(=O)c2ccccc12. The van der Waals surface area contributed by atoms with Crippen molar-refractivity contribution in [2.45, 2.75) is 76.3 Å². The number of hydrogen-bond donors (Lipinski definition) is 1. The maximum Gasteiger partial charge on any atom is 0.359 e. The molecular formula is C23H29N3O4. The number of carbonyl (C=O) groups excluding carboxylic acids is 2. The van der Waals surface area contributed by atoms with Crippen molar-refractivity contribution in [3.63, 3.8) is 0 Å². The van der Waals surface area contributed by atoms with E-state index in [0.717, 1.165) is 51.4 Å². The molecule has 1 aromatic heterocycles. The van der Waals surface area contributed by atoms with E-state index in [4.69, 9.17) is 4.74 Å². The average molecular weight is 412 g/mol. The largest absolute Gasteiger partial charge is 0.451 e. The summed E-state index contributed by atoms with van der Waals surface area (Å²) in [7, 11) is 0. The molecule has 0 spiro atoms. The third-order valence-corrected chi connectivity index (χ3v) is 6.44. The Hall–Kier alpha value is -2.70. The van der Waals surface area contributed by atoms with Crippen molar-refractivity contribution in [1.82, 2.24) is 15.1 Å². The van der Waals surface area contributed by atoms with E-state index in [0.29, 0.717) is 10.8 Å². The first-order chi connectivity index (χ1) is 14.6. The van der Waals surface area contributed by atoms with Crippen molar-refractivity contribution in [3.8, 4) is 0 Å². The molecular weight excluding hydrogens is 382 g/mol. The Morgan fingerprint density at radius 1 is 0.933 bits per heavy atom. The van der Waals surface area contributed by atoms with Crippen LogP contribution in [0.15, 0.2) is 29.1 Å². The van der Waals surface area contributed by atoms with Crippen LogP contribution in [-0.2, 0) is 9.53 Å². The van der Waals surface area contributed by atoms with Crippen molar-refractivity contribution in [1.29, 1.82) is 0 Å². The Labute approximate surface area is 175 Å². The predicted molar refractivity (Wildman–Crippen MR) is 113 cm³/mol. The summed E-state index contributed by atoms with van der Waals surface area (Å²) in [6.07, 6.45) is 11.2. The van der Waals surface area contributed by atoms with Crippen LogP contribution in [0.3, 0.4) is 0 Å². The molecule has 0 aliphatic heterocycles. The van der Waals surface area contributed by atoms with Gasteiger partial charge in [-0.15, -0.1) is 0 Å². The number of ether oxygens (including phenoxy) is 1. The molecule has 1 amide bonds. The first-order valence-electron chi connectivity index (χ1n) is 11.1. The molecule has 1 aromatic carbocycles. The van der Waals surface area contributed by atoms with Crippen LogP contribution in [0.1, 0.15) is 74.7 Å². The first-order valence-corrected chi connectivity index (χ1v) is 11.1. The lowest BCUT2D eigenvalue weighted by Crippen LogP contribution is -2.50. The van der Waals surface area contributed by atoms with Gasteiger partial charge in [-0.3, -0.25) is 9.59 Å². The van der Waals surface area contributed by atoms with Crippen LogP contribution in [-0.4, -0.2) is 45.7 Å². The van der Waals surface area contributed by atoms with Crippen molar-refractivity contribution < 1.29 is 14.3 Å². The maximum atomic E-state index is 13.2. The van der Waals surface area contributed by atoms with Gasteiger partial charge in [0.2, 0.25) is 0 Å². The lowest BCUT2D eigenvalue weighted by molar-refractivity contribution is -0.141. The van der Waals surface area contributed by atoms with Gasteiger partial charge in [-0.1, -0.05) is 56.7 Å². The molecule has 7 heteroatoms. The molecule has 2 saturated carbocycles. The number of carbonyl (C=O) groups is 2. The van der Waals surface area contributed by atoms with Crippen molar-refractivity contribution in [3.05, 3.63) is 40.3 Å². The Balaban J connectivity index is 1.48. The normalized spacial score (nSPS) is 18.3. The average Bonchev–Trinajstić information content (AvgIpc) is 2.79. The van der Waals surface area contributed by atoms with Crippen LogP contribution in [0.5, 0.6) is 0 Å². The Morgan fingerprint density at radius 3 is 2.10 bits per heavy atom. The smallest absolute Gasteiger partial charge is 0.359 e. The number of nitrogens with zero attached hydrogens (tertiary/aromatic N) is 2. The zero-order chi connectivity index (χ0) is 20.9. The van der Waals surface area contributed by atoms with E-state index in [1.807, 2.05) is 4.90 Å². The van der Waals surface area contributed by atoms with Gasteiger partial charge in [-0.05, 0) is 31.7 Å². The topological polar surface area (TPSA) is 92.4 Å². The van der Waals surface area contributed by atoms with E-state index < -0.39 is 5.97 Å². The van der Waals surface area contributed by atoms with Gasteiger partial charge in [0.1, 0.15) is 0 Å². The molecule has 4 rings (SSSR count). The van der Waals surface area contributed by atoms with E-state index in [2.05, 4.69) is 10.2 Å². The zero-order valence-corrected chi connectivity index (χ0v) is 17.3. The van der Waals surface area contributed by atoms with E-state index in [9.17, 15) is 14.4 Å². The van der Waals surface area contributed by atoms with Crippen LogP contribution in [0.25, 0.3) is 10.8 Å². The fraction of sp³-hybridized carbons (Fsp3) is 0.565. The standard InChI is InChI=1S/C23H29N3O4/c27-20(26(16-9-3-1-4-10-16)17-11-5-2-6-12-17)15-30-23(29)21-18-13-7-8-14-19(18)22(28)25-24-21/h7-8,13-14,16-17H,1-6,9-12,15H2,(H,25,28). The number of aromatic nitrogens is 2. The van der Waals surface area contributed by atoms with E-state index >= 15 is 0 Å². The highest BCUT2D eigenvalue weighted by molar-refractivity contribution is 6.02. The fourth-order valence-corrected chi connectivity index (χ4v) is 4.96. The van der Waals surface area contributed by atoms with Gasteiger partial charge in [-0.2, -0.15) is 5.10 Å². The third kappa shape index (κ3) is 4.40. The van der Waals surface area contributed by atoms with Crippen LogP contribution in [0, 0.1) is 0 Å². The Morgan fingerprint density at radius 2 is 1.50 bits per heavy atom. The number of rotatable bonds is 5. The summed E-state index contributed by atoms with van der Waals surface area (Å²) in [6, 6.07) is 7.25. The molecule has 0 atom stereocenters. The van der Waals surface area contributed by atoms with Crippen molar-refractivity contribution in [2.24, 2.45) is 0 Å². The summed E-state index contributed by atoms with van der Waals surface area (Å²) >= 11 is 0. The second-order valence-electron chi connectivity index (χ2n) is 8.41. The number of esters is 1. The minimum Gasteiger partial charge on any atom is -0.451 e. The molecule has 30 heavy (non-hydrogen) atoms. The first kappa shape index (κ1) is 20.6. The summed E-state index contributed by atoms with van der Waals surface area (Å²) in [5.41, 5.74) is -0.334. The van der Waals surface area contributed by atoms with Gasteiger partial charge >= 0.3 is 5.97 Å². The van der Waals surface area contributed by atoms with Gasteiger partial charge in [-0.25, -0.2) is 9.89 Å². The number of H-pyrrole nitrogens is 1. The predicted octanol–water partition coefficient (Wildman–Crippen LogP) is 3.57. The van der Waals surface area contributed by atoms with E-state index in [1.165, 1.54) is 12.8 Å². The highest BCUT2D eigenvalue weighted by atomic mass is 16.5. The summed E-state index contributed by atoms with van der Waals surface area (Å²) in [4.78, 5) is 39.8. The Kier molecular flexibility index (Phi) is 6.45. The summed E-state index contributed by atoms with van der Waals surface area (Å²) in [5.74, 6) is -0.807. The lowest BCUT2D eigenvalue weighted by atomic mass is 9.88. The van der Waals surface area contributed by atoms with Crippen LogP contribution >= 0.6 is 0 Å². The van der Waals surface area contributed by atoms with Gasteiger partial charge in [0.15, 0.2) is 12.3 Å². The molecule has 7 nitrogen and oxygen atoms in total. The molecule has 0 saturated heterocycles. The molecule has 0 unspecified atom stereocenters. The number of hydrogen-bond acceptors (Lipinski definition) is 5. The summed E-state index contributed by atoms with van der Waals surface area (Å²) in [5, 5.41) is 7.01. The number of benzene rings is 1. The fourth-order valence-electron chi connectivity index (χ4n) is 4.96. The van der Waals surface area contributed by atoms with Gasteiger partial charge in [0, 0.05) is 17.5 Å². The monoisotopic (exact) mass is 411 g/mol. The second kappa shape index (κ2) is 9.41. The maximum absolute atomic E-state index is 13.2. The molecule has 1 N–H and O–H groups in total. The lowest BCUT2D eigenvalue weighted by Gasteiger charge is -2.41. The number of fused-ring (bicyclic) bond motifs is 1. The molecule has 0 radical (unpaired) electrons. The minimum absolute atomic E-state index is 0.0277. The molecule has 2 aromatic rings. The molecule has 2 aliphatic carbocycles.